The van der Waals surface area contributed by atoms with E-state index in [4.69, 9.17) is 9.84 Å². The Hall–Kier alpha value is -1.40. The standard InChI is InChI=1S/C11H12O5S/c1-7-5-16-6-9-3-2-8(11(12)13)4-10(9)17(7,14)15/h2-4,7H,5-6H2,1H3,(H,12,13)/t7-/m1/s1. The van der Waals surface area contributed by atoms with Crippen LogP contribution < -0.4 is 0 Å². The van der Waals surface area contributed by atoms with Gasteiger partial charge >= 0.3 is 5.97 Å². The lowest BCUT2D eigenvalue weighted by Crippen LogP contribution is -2.21. The number of ether oxygens (including phenoxy) is 1. The molecule has 0 amide bonds. The second-order valence-corrected chi connectivity index (χ2v) is 6.33. The van der Waals surface area contributed by atoms with E-state index in [1.165, 1.54) is 18.2 Å². The lowest BCUT2D eigenvalue weighted by Gasteiger charge is -2.10. The molecule has 0 radical (unpaired) electrons. The van der Waals surface area contributed by atoms with Crippen molar-refractivity contribution in [3.8, 4) is 0 Å². The van der Waals surface area contributed by atoms with Gasteiger partial charge < -0.3 is 9.84 Å². The molecule has 2 rings (SSSR count). The molecule has 1 aromatic rings. The van der Waals surface area contributed by atoms with Crippen molar-refractivity contribution in [1.29, 1.82) is 0 Å². The fraction of sp³-hybridized carbons (Fsp3) is 0.364. The predicted octanol–water partition coefficient (Wildman–Crippen LogP) is 1.08. The Morgan fingerprint density at radius 3 is 2.82 bits per heavy atom. The molecular weight excluding hydrogens is 244 g/mol. The van der Waals surface area contributed by atoms with Crippen molar-refractivity contribution in [2.24, 2.45) is 0 Å². The van der Waals surface area contributed by atoms with Crippen LogP contribution in [0.2, 0.25) is 0 Å². The van der Waals surface area contributed by atoms with E-state index in [0.29, 0.717) is 5.56 Å². The molecule has 0 aromatic heterocycles. The molecule has 0 spiro atoms. The number of carbonyl (C=O) groups is 1. The van der Waals surface area contributed by atoms with Crippen LogP contribution in [-0.4, -0.2) is 31.4 Å². The van der Waals surface area contributed by atoms with Gasteiger partial charge in [-0.3, -0.25) is 0 Å². The molecule has 0 bridgehead atoms. The molecule has 0 saturated carbocycles. The number of hydrogen-bond acceptors (Lipinski definition) is 4. The van der Waals surface area contributed by atoms with Crippen molar-refractivity contribution in [2.45, 2.75) is 23.7 Å². The first kappa shape index (κ1) is 12.1. The fourth-order valence-electron chi connectivity index (χ4n) is 1.71. The van der Waals surface area contributed by atoms with E-state index in [1.54, 1.807) is 6.92 Å². The zero-order valence-corrected chi connectivity index (χ0v) is 10.0. The van der Waals surface area contributed by atoms with Crippen molar-refractivity contribution in [1.82, 2.24) is 0 Å². The third kappa shape index (κ3) is 2.05. The summed E-state index contributed by atoms with van der Waals surface area (Å²) >= 11 is 0. The van der Waals surface area contributed by atoms with Gasteiger partial charge in [-0.15, -0.1) is 0 Å². The molecule has 1 aromatic carbocycles. The molecule has 1 atom stereocenters. The molecule has 92 valence electrons. The van der Waals surface area contributed by atoms with Crippen molar-refractivity contribution in [3.05, 3.63) is 29.3 Å². The number of rotatable bonds is 1. The smallest absolute Gasteiger partial charge is 0.335 e. The topological polar surface area (TPSA) is 80.7 Å². The first-order valence-corrected chi connectivity index (χ1v) is 6.65. The highest BCUT2D eigenvalue weighted by molar-refractivity contribution is 7.92. The van der Waals surface area contributed by atoms with Gasteiger partial charge in [0.15, 0.2) is 9.84 Å². The summed E-state index contributed by atoms with van der Waals surface area (Å²) in [6.45, 7) is 1.87. The average molecular weight is 256 g/mol. The molecule has 0 saturated heterocycles. The van der Waals surface area contributed by atoms with Crippen LogP contribution in [0.15, 0.2) is 23.1 Å². The maximum absolute atomic E-state index is 12.1. The molecule has 1 N–H and O–H groups in total. The van der Waals surface area contributed by atoms with E-state index in [9.17, 15) is 13.2 Å². The van der Waals surface area contributed by atoms with E-state index in [2.05, 4.69) is 0 Å². The second kappa shape index (κ2) is 4.12. The summed E-state index contributed by atoms with van der Waals surface area (Å²) in [7, 11) is -3.50. The summed E-state index contributed by atoms with van der Waals surface area (Å²) in [6.07, 6.45) is 0. The number of hydrogen-bond donors (Lipinski definition) is 1. The van der Waals surface area contributed by atoms with Crippen LogP contribution in [-0.2, 0) is 21.2 Å². The van der Waals surface area contributed by atoms with Crippen LogP contribution in [0.4, 0.5) is 0 Å². The predicted molar refractivity (Wildman–Crippen MR) is 59.7 cm³/mol. The number of benzene rings is 1. The van der Waals surface area contributed by atoms with Crippen LogP contribution in [0.3, 0.4) is 0 Å². The van der Waals surface area contributed by atoms with Gasteiger partial charge in [0.1, 0.15) is 0 Å². The van der Waals surface area contributed by atoms with Crippen molar-refractivity contribution in [3.63, 3.8) is 0 Å². The maximum atomic E-state index is 12.1. The summed E-state index contributed by atoms with van der Waals surface area (Å²) in [4.78, 5) is 10.9. The van der Waals surface area contributed by atoms with Crippen LogP contribution in [0.1, 0.15) is 22.8 Å². The van der Waals surface area contributed by atoms with Crippen molar-refractivity contribution in [2.75, 3.05) is 6.61 Å². The van der Waals surface area contributed by atoms with E-state index < -0.39 is 21.1 Å². The highest BCUT2D eigenvalue weighted by Crippen LogP contribution is 2.26. The second-order valence-electron chi connectivity index (χ2n) is 4.00. The first-order chi connectivity index (χ1) is 7.93. The quantitative estimate of drug-likeness (QED) is 0.813. The Labute approximate surface area is 98.9 Å². The van der Waals surface area contributed by atoms with Crippen LogP contribution in [0.25, 0.3) is 0 Å². The van der Waals surface area contributed by atoms with Crippen LogP contribution >= 0.6 is 0 Å². The monoisotopic (exact) mass is 256 g/mol. The summed E-state index contributed by atoms with van der Waals surface area (Å²) < 4.78 is 29.5. The van der Waals surface area contributed by atoms with Crippen molar-refractivity contribution >= 4 is 15.8 Å². The van der Waals surface area contributed by atoms with Gasteiger partial charge in [0, 0.05) is 0 Å². The zero-order valence-electron chi connectivity index (χ0n) is 9.21. The minimum Gasteiger partial charge on any atom is -0.478 e. The van der Waals surface area contributed by atoms with Gasteiger partial charge in [-0.25, -0.2) is 13.2 Å². The number of sulfone groups is 1. The third-order valence-electron chi connectivity index (χ3n) is 2.76. The van der Waals surface area contributed by atoms with Gasteiger partial charge in [-0.1, -0.05) is 6.07 Å². The summed E-state index contributed by atoms with van der Waals surface area (Å²) in [6, 6.07) is 4.09. The van der Waals surface area contributed by atoms with E-state index in [-0.39, 0.29) is 23.7 Å². The molecule has 6 heteroatoms. The Kier molecular flexibility index (Phi) is 2.92. The number of carboxylic acid groups (broad SMARTS) is 1. The molecule has 1 aliphatic heterocycles. The number of carboxylic acids is 1. The molecular formula is C11H12O5S. The highest BCUT2D eigenvalue weighted by Gasteiger charge is 2.29. The largest absolute Gasteiger partial charge is 0.478 e. The van der Waals surface area contributed by atoms with E-state index in [0.717, 1.165) is 0 Å². The van der Waals surface area contributed by atoms with Gasteiger partial charge in [0.2, 0.25) is 0 Å². The molecule has 17 heavy (non-hydrogen) atoms. The molecule has 0 unspecified atom stereocenters. The SMILES string of the molecule is C[C@@H]1COCc2ccc(C(=O)O)cc2S1(=O)=O. The highest BCUT2D eigenvalue weighted by atomic mass is 32.2. The molecule has 0 aliphatic carbocycles. The third-order valence-corrected chi connectivity index (χ3v) is 4.95. The first-order valence-electron chi connectivity index (χ1n) is 5.11. The minimum absolute atomic E-state index is 0.0265. The molecule has 5 nitrogen and oxygen atoms in total. The lowest BCUT2D eigenvalue weighted by molar-refractivity contribution is 0.0696. The number of fused-ring (bicyclic) bond motifs is 1. The maximum Gasteiger partial charge on any atom is 0.335 e. The number of aromatic carboxylic acids is 1. The normalized spacial score (nSPS) is 22.5. The Balaban J connectivity index is 2.65. The van der Waals surface area contributed by atoms with Crippen molar-refractivity contribution < 1.29 is 23.1 Å². The van der Waals surface area contributed by atoms with Gasteiger partial charge in [-0.2, -0.15) is 0 Å². The lowest BCUT2D eigenvalue weighted by atomic mass is 10.1. The summed E-state index contributed by atoms with van der Waals surface area (Å²) in [5, 5.41) is 8.21. The Morgan fingerprint density at radius 2 is 2.18 bits per heavy atom. The molecule has 1 heterocycles. The minimum atomic E-state index is -3.50. The van der Waals surface area contributed by atoms with Gasteiger partial charge in [0.25, 0.3) is 0 Å². The summed E-state index contributed by atoms with van der Waals surface area (Å²) in [5.74, 6) is -1.14. The van der Waals surface area contributed by atoms with Gasteiger partial charge in [-0.05, 0) is 24.6 Å². The summed E-state index contributed by atoms with van der Waals surface area (Å²) in [5.41, 5.74) is 0.487. The van der Waals surface area contributed by atoms with Gasteiger partial charge in [0.05, 0.1) is 28.9 Å². The van der Waals surface area contributed by atoms with Crippen LogP contribution in [0.5, 0.6) is 0 Å². The average Bonchev–Trinajstić information content (AvgIpc) is 2.38. The Bertz CT molecular complexity index is 561. The molecule has 1 aliphatic rings. The van der Waals surface area contributed by atoms with E-state index >= 15 is 0 Å². The van der Waals surface area contributed by atoms with Crippen LogP contribution in [0, 0.1) is 0 Å². The molecule has 0 fully saturated rings. The zero-order chi connectivity index (χ0) is 12.6. The fourth-order valence-corrected chi connectivity index (χ4v) is 3.21. The van der Waals surface area contributed by atoms with E-state index in [1.807, 2.05) is 0 Å². The Morgan fingerprint density at radius 1 is 1.47 bits per heavy atom.